The lowest BCUT2D eigenvalue weighted by Crippen LogP contribution is -2.20. The fourth-order valence-electron chi connectivity index (χ4n) is 1.83. The van der Waals surface area contributed by atoms with Crippen molar-refractivity contribution in [2.24, 2.45) is 5.10 Å². The van der Waals surface area contributed by atoms with Gasteiger partial charge in [-0.1, -0.05) is 52.1 Å². The predicted octanol–water partition coefficient (Wildman–Crippen LogP) is 4.85. The molecule has 1 N–H and O–H groups in total. The third-order valence-electron chi connectivity index (χ3n) is 3.00. The summed E-state index contributed by atoms with van der Waals surface area (Å²) in [5.74, 6) is 0. The van der Waals surface area contributed by atoms with Gasteiger partial charge in [-0.3, -0.25) is 0 Å². The molecule has 0 spiro atoms. The molecule has 0 amide bonds. The molecule has 0 unspecified atom stereocenters. The minimum Gasteiger partial charge on any atom is -0.200 e. The highest BCUT2D eigenvalue weighted by Gasteiger charge is 2.14. The Morgan fingerprint density at radius 1 is 1.17 bits per heavy atom. The molecule has 8 heteroatoms. The van der Waals surface area contributed by atoms with Crippen LogP contribution in [0.2, 0.25) is 10.0 Å². The number of halogens is 3. The van der Waals surface area contributed by atoms with Gasteiger partial charge >= 0.3 is 0 Å². The van der Waals surface area contributed by atoms with Gasteiger partial charge in [-0.05, 0) is 42.8 Å². The van der Waals surface area contributed by atoms with Crippen LogP contribution in [0, 0.1) is 0 Å². The van der Waals surface area contributed by atoms with Crippen LogP contribution in [-0.2, 0) is 10.0 Å². The summed E-state index contributed by atoms with van der Waals surface area (Å²) in [5.41, 5.74) is 1.16. The van der Waals surface area contributed by atoms with E-state index in [1.165, 1.54) is 12.1 Å². The Morgan fingerprint density at radius 2 is 1.83 bits per heavy atom. The lowest BCUT2D eigenvalue weighted by atomic mass is 10.1. The Balaban J connectivity index is 2.30. The fraction of sp³-hybridized carbons (Fsp3) is 0.133. The summed E-state index contributed by atoms with van der Waals surface area (Å²) < 4.78 is 25.3. The summed E-state index contributed by atoms with van der Waals surface area (Å²) in [7, 11) is -3.74. The van der Waals surface area contributed by atoms with E-state index in [0.29, 0.717) is 27.7 Å². The summed E-state index contributed by atoms with van der Waals surface area (Å²) in [6.45, 7) is 1.86. The maximum absolute atomic E-state index is 12.2. The van der Waals surface area contributed by atoms with Gasteiger partial charge < -0.3 is 0 Å². The van der Waals surface area contributed by atoms with Crippen LogP contribution in [-0.4, -0.2) is 14.1 Å². The average molecular weight is 436 g/mol. The van der Waals surface area contributed by atoms with Gasteiger partial charge in [0.15, 0.2) is 0 Å². The molecule has 0 aliphatic rings. The van der Waals surface area contributed by atoms with Crippen molar-refractivity contribution in [1.82, 2.24) is 4.83 Å². The number of nitrogens with zero attached hydrogens (tertiary/aromatic N) is 1. The van der Waals surface area contributed by atoms with Crippen LogP contribution in [0.1, 0.15) is 18.9 Å². The zero-order chi connectivity index (χ0) is 17.0. The maximum atomic E-state index is 12.2. The van der Waals surface area contributed by atoms with Crippen molar-refractivity contribution in [3.05, 3.63) is 62.5 Å². The topological polar surface area (TPSA) is 58.5 Å². The van der Waals surface area contributed by atoms with Crippen LogP contribution in [0.4, 0.5) is 0 Å². The van der Waals surface area contributed by atoms with E-state index in [4.69, 9.17) is 23.2 Å². The van der Waals surface area contributed by atoms with E-state index >= 15 is 0 Å². The first kappa shape index (κ1) is 18.3. The lowest BCUT2D eigenvalue weighted by molar-refractivity contribution is 0.584. The smallest absolute Gasteiger partial charge is 0.200 e. The molecule has 0 heterocycles. The van der Waals surface area contributed by atoms with Gasteiger partial charge in [-0.25, -0.2) is 0 Å². The van der Waals surface area contributed by atoms with E-state index in [1.54, 1.807) is 30.3 Å². The number of sulfonamides is 1. The molecule has 2 aromatic carbocycles. The second-order valence-electron chi connectivity index (χ2n) is 4.58. The van der Waals surface area contributed by atoms with Crippen LogP contribution in [0.25, 0.3) is 0 Å². The highest BCUT2D eigenvalue weighted by atomic mass is 79.9. The van der Waals surface area contributed by atoms with Gasteiger partial charge in [0.2, 0.25) is 0 Å². The Kier molecular flexibility index (Phi) is 6.08. The first-order chi connectivity index (χ1) is 10.8. The molecule has 0 bridgehead atoms. The standard InChI is InChI=1S/C15H13BrCl2N2O2S/c1-2-15(13-8-5-11(17)9-14(13)18)19-20-23(21,22)12-6-3-10(16)4-7-12/h3-9,20H,2H2,1H3/b19-15+. The van der Waals surface area contributed by atoms with E-state index in [0.717, 1.165) is 4.47 Å². The minimum atomic E-state index is -3.74. The maximum Gasteiger partial charge on any atom is 0.276 e. The van der Waals surface area contributed by atoms with Crippen LogP contribution in [0.15, 0.2) is 56.9 Å². The number of nitrogens with one attached hydrogen (secondary N) is 1. The summed E-state index contributed by atoms with van der Waals surface area (Å²) in [6, 6.07) is 11.3. The van der Waals surface area contributed by atoms with Crippen LogP contribution in [0.5, 0.6) is 0 Å². The molecule has 0 aliphatic heterocycles. The second-order valence-corrected chi connectivity index (χ2v) is 8.01. The quantitative estimate of drug-likeness (QED) is 0.539. The monoisotopic (exact) mass is 434 g/mol. The van der Waals surface area contributed by atoms with Gasteiger partial charge in [0.25, 0.3) is 10.0 Å². The number of rotatable bonds is 5. The zero-order valence-corrected chi connectivity index (χ0v) is 16.0. The van der Waals surface area contributed by atoms with Gasteiger partial charge in [0.1, 0.15) is 0 Å². The normalized spacial score (nSPS) is 12.3. The van der Waals surface area contributed by atoms with E-state index in [-0.39, 0.29) is 4.90 Å². The molecular formula is C15H13BrCl2N2O2S. The molecule has 0 saturated carbocycles. The summed E-state index contributed by atoms with van der Waals surface area (Å²) in [4.78, 5) is 2.37. The second kappa shape index (κ2) is 7.66. The summed E-state index contributed by atoms with van der Waals surface area (Å²) in [5, 5.41) is 4.93. The van der Waals surface area contributed by atoms with Crippen molar-refractivity contribution in [3.63, 3.8) is 0 Å². The molecule has 23 heavy (non-hydrogen) atoms. The van der Waals surface area contributed by atoms with Crippen molar-refractivity contribution >= 4 is 54.9 Å². The fourth-order valence-corrected chi connectivity index (χ4v) is 3.45. The number of hydrazone groups is 1. The highest BCUT2D eigenvalue weighted by molar-refractivity contribution is 9.10. The van der Waals surface area contributed by atoms with Crippen LogP contribution >= 0.6 is 39.1 Å². The summed E-state index contributed by atoms with van der Waals surface area (Å²) in [6.07, 6.45) is 0.504. The minimum absolute atomic E-state index is 0.127. The molecule has 0 atom stereocenters. The Morgan fingerprint density at radius 3 is 2.39 bits per heavy atom. The van der Waals surface area contributed by atoms with Crippen molar-refractivity contribution in [2.45, 2.75) is 18.2 Å². The molecule has 0 aliphatic carbocycles. The molecule has 0 fully saturated rings. The van der Waals surface area contributed by atoms with Crippen molar-refractivity contribution < 1.29 is 8.42 Å². The van der Waals surface area contributed by atoms with Crippen molar-refractivity contribution in [1.29, 1.82) is 0 Å². The van der Waals surface area contributed by atoms with Gasteiger partial charge in [0.05, 0.1) is 15.6 Å². The largest absolute Gasteiger partial charge is 0.276 e. The molecular weight excluding hydrogens is 423 g/mol. The van der Waals surface area contributed by atoms with Crippen molar-refractivity contribution in [2.75, 3.05) is 0 Å². The van der Waals surface area contributed by atoms with Gasteiger partial charge in [0, 0.05) is 15.1 Å². The molecule has 0 saturated heterocycles. The first-order valence-electron chi connectivity index (χ1n) is 6.63. The Hall–Kier alpha value is -1.08. The van der Waals surface area contributed by atoms with E-state index in [2.05, 4.69) is 25.9 Å². The molecule has 4 nitrogen and oxygen atoms in total. The number of benzene rings is 2. The van der Waals surface area contributed by atoms with E-state index in [1.807, 2.05) is 6.92 Å². The highest BCUT2D eigenvalue weighted by Crippen LogP contribution is 2.22. The number of hydrogen-bond acceptors (Lipinski definition) is 3. The SMILES string of the molecule is CC/C(=N\NS(=O)(=O)c1ccc(Br)cc1)c1ccc(Cl)cc1Cl. The van der Waals surface area contributed by atoms with Gasteiger partial charge in [-0.2, -0.15) is 18.4 Å². The Bertz CT molecular complexity index is 837. The molecule has 2 rings (SSSR count). The predicted molar refractivity (Wildman–Crippen MR) is 97.8 cm³/mol. The third-order valence-corrected chi connectivity index (χ3v) is 5.30. The third kappa shape index (κ3) is 4.70. The molecule has 0 radical (unpaired) electrons. The average Bonchev–Trinajstić information content (AvgIpc) is 2.50. The molecule has 122 valence electrons. The molecule has 0 aromatic heterocycles. The lowest BCUT2D eigenvalue weighted by Gasteiger charge is -2.09. The summed E-state index contributed by atoms with van der Waals surface area (Å²) >= 11 is 15.3. The Labute approximate surface area is 153 Å². The number of hydrogen-bond donors (Lipinski definition) is 1. The van der Waals surface area contributed by atoms with Gasteiger partial charge in [-0.15, -0.1) is 0 Å². The zero-order valence-electron chi connectivity index (χ0n) is 12.1. The van der Waals surface area contributed by atoms with Crippen LogP contribution < -0.4 is 4.83 Å². The van der Waals surface area contributed by atoms with E-state index in [9.17, 15) is 8.42 Å². The van der Waals surface area contributed by atoms with Crippen LogP contribution in [0.3, 0.4) is 0 Å². The molecule has 2 aromatic rings. The van der Waals surface area contributed by atoms with E-state index < -0.39 is 10.0 Å². The first-order valence-corrected chi connectivity index (χ1v) is 9.66. The van der Waals surface area contributed by atoms with Crippen molar-refractivity contribution in [3.8, 4) is 0 Å².